The second kappa shape index (κ2) is 8.62. The molecule has 2 aromatic heterocycles. The van der Waals surface area contributed by atoms with Gasteiger partial charge in [-0.25, -0.2) is 14.3 Å². The monoisotopic (exact) mass is 434 g/mol. The number of aryl methyl sites for hydroxylation is 1. The van der Waals surface area contributed by atoms with Gasteiger partial charge in [0.15, 0.2) is 6.10 Å². The molecule has 29 heavy (non-hydrogen) atoms. The molecule has 3 amide bonds. The van der Waals surface area contributed by atoms with Crippen LogP contribution in [0.25, 0.3) is 15.9 Å². The van der Waals surface area contributed by atoms with Crippen LogP contribution in [-0.4, -0.2) is 40.3 Å². The molecule has 2 heterocycles. The molecule has 0 bridgehead atoms. The van der Waals surface area contributed by atoms with Gasteiger partial charge in [-0.3, -0.25) is 10.1 Å². The van der Waals surface area contributed by atoms with Gasteiger partial charge in [0.1, 0.15) is 9.71 Å². The van der Waals surface area contributed by atoms with Crippen LogP contribution < -0.4 is 10.6 Å². The summed E-state index contributed by atoms with van der Waals surface area (Å²) in [6.07, 6.45) is -1.12. The molecule has 3 aromatic rings. The van der Waals surface area contributed by atoms with Crippen LogP contribution in [0.2, 0.25) is 5.02 Å². The number of benzene rings is 1. The highest BCUT2D eigenvalue weighted by Gasteiger charge is 2.23. The first-order valence-electron chi connectivity index (χ1n) is 8.85. The third-order valence-electron chi connectivity index (χ3n) is 4.04. The lowest BCUT2D eigenvalue weighted by atomic mass is 10.3. The van der Waals surface area contributed by atoms with Crippen molar-refractivity contribution in [3.8, 4) is 5.69 Å². The normalized spacial score (nSPS) is 11.9. The summed E-state index contributed by atoms with van der Waals surface area (Å²) in [5, 5.41) is 10.5. The van der Waals surface area contributed by atoms with Gasteiger partial charge in [-0.05, 0) is 51.1 Å². The van der Waals surface area contributed by atoms with E-state index in [0.717, 1.165) is 21.6 Å². The molecule has 0 radical (unpaired) electrons. The quantitative estimate of drug-likeness (QED) is 0.599. The molecule has 0 saturated carbocycles. The fraction of sp³-hybridized carbons (Fsp3) is 0.263. The van der Waals surface area contributed by atoms with Gasteiger partial charge in [0.25, 0.3) is 5.91 Å². The van der Waals surface area contributed by atoms with E-state index in [1.165, 1.54) is 18.3 Å². The molecule has 8 nitrogen and oxygen atoms in total. The van der Waals surface area contributed by atoms with Crippen LogP contribution in [0.5, 0.6) is 0 Å². The van der Waals surface area contributed by atoms with Crippen molar-refractivity contribution in [1.29, 1.82) is 0 Å². The number of carbonyl (C=O) groups is 3. The summed E-state index contributed by atoms with van der Waals surface area (Å²) in [6, 6.07) is 8.24. The largest absolute Gasteiger partial charge is 0.448 e. The minimum Gasteiger partial charge on any atom is -0.448 e. The smallest absolute Gasteiger partial charge is 0.349 e. The van der Waals surface area contributed by atoms with E-state index in [2.05, 4.69) is 15.7 Å². The lowest BCUT2D eigenvalue weighted by Crippen LogP contribution is -2.44. The van der Waals surface area contributed by atoms with Gasteiger partial charge in [-0.15, -0.1) is 11.3 Å². The first-order valence-corrected chi connectivity index (χ1v) is 10.0. The Bertz CT molecular complexity index is 1070. The standard InChI is InChI=1S/C19H19ClN4O4S/c1-4-21-19(27)22-16(25)11(3)28-18(26)15-9-14-10(2)23-24(17(14)29-15)13-7-5-12(20)6-8-13/h5-9,11H,4H2,1-3H3,(H2,21,22,25,27). The average molecular weight is 435 g/mol. The van der Waals surface area contributed by atoms with E-state index in [4.69, 9.17) is 16.3 Å². The Morgan fingerprint density at radius 3 is 2.62 bits per heavy atom. The molecule has 1 unspecified atom stereocenters. The molecule has 1 aromatic carbocycles. The third kappa shape index (κ3) is 4.57. The Kier molecular flexibility index (Phi) is 6.19. The van der Waals surface area contributed by atoms with Crippen LogP contribution in [0.3, 0.4) is 0 Å². The maximum Gasteiger partial charge on any atom is 0.349 e. The molecule has 0 aliphatic rings. The molecule has 0 aliphatic carbocycles. The molecular formula is C19H19ClN4O4S. The van der Waals surface area contributed by atoms with Crippen molar-refractivity contribution in [2.24, 2.45) is 0 Å². The van der Waals surface area contributed by atoms with Gasteiger partial charge in [-0.2, -0.15) is 5.10 Å². The Morgan fingerprint density at radius 1 is 1.28 bits per heavy atom. The zero-order chi connectivity index (χ0) is 21.1. The highest BCUT2D eigenvalue weighted by Crippen LogP contribution is 2.31. The Hall–Kier alpha value is -2.91. The Balaban J connectivity index is 1.79. The van der Waals surface area contributed by atoms with E-state index in [-0.39, 0.29) is 0 Å². The van der Waals surface area contributed by atoms with E-state index in [0.29, 0.717) is 16.4 Å². The second-order valence-electron chi connectivity index (χ2n) is 6.20. The lowest BCUT2D eigenvalue weighted by Gasteiger charge is -2.12. The van der Waals surface area contributed by atoms with Crippen molar-refractivity contribution >= 4 is 51.1 Å². The van der Waals surface area contributed by atoms with Gasteiger partial charge in [0, 0.05) is 17.0 Å². The van der Waals surface area contributed by atoms with Crippen molar-refractivity contribution in [3.63, 3.8) is 0 Å². The molecule has 0 fully saturated rings. The number of esters is 1. The summed E-state index contributed by atoms with van der Waals surface area (Å²) in [5.41, 5.74) is 1.57. The van der Waals surface area contributed by atoms with Crippen molar-refractivity contribution in [2.45, 2.75) is 26.9 Å². The highest BCUT2D eigenvalue weighted by atomic mass is 35.5. The van der Waals surface area contributed by atoms with Gasteiger partial charge >= 0.3 is 12.0 Å². The summed E-state index contributed by atoms with van der Waals surface area (Å²) in [6.45, 7) is 5.35. The highest BCUT2D eigenvalue weighted by molar-refractivity contribution is 7.20. The predicted octanol–water partition coefficient (Wildman–Crippen LogP) is 3.44. The summed E-state index contributed by atoms with van der Waals surface area (Å²) >= 11 is 7.15. The van der Waals surface area contributed by atoms with Gasteiger partial charge in [0.05, 0.1) is 11.4 Å². The maximum atomic E-state index is 12.5. The first kappa shape index (κ1) is 20.8. The minimum atomic E-state index is -1.12. The predicted molar refractivity (Wildman–Crippen MR) is 111 cm³/mol. The number of aromatic nitrogens is 2. The van der Waals surface area contributed by atoms with Crippen LogP contribution in [0.1, 0.15) is 29.2 Å². The van der Waals surface area contributed by atoms with E-state index in [1.54, 1.807) is 29.8 Å². The first-order chi connectivity index (χ1) is 13.8. The molecule has 10 heteroatoms. The number of nitrogens with zero attached hydrogens (tertiary/aromatic N) is 2. The summed E-state index contributed by atoms with van der Waals surface area (Å²) < 4.78 is 6.94. The van der Waals surface area contributed by atoms with Crippen molar-refractivity contribution in [2.75, 3.05) is 6.54 Å². The van der Waals surface area contributed by atoms with E-state index < -0.39 is 24.0 Å². The summed E-state index contributed by atoms with van der Waals surface area (Å²) in [5.74, 6) is -1.35. The van der Waals surface area contributed by atoms with Crippen LogP contribution in [0.4, 0.5) is 4.79 Å². The Morgan fingerprint density at radius 2 is 1.97 bits per heavy atom. The molecule has 0 spiro atoms. The van der Waals surface area contributed by atoms with Crippen LogP contribution in [-0.2, 0) is 9.53 Å². The van der Waals surface area contributed by atoms with E-state index >= 15 is 0 Å². The number of carbonyl (C=O) groups excluding carboxylic acids is 3. The minimum absolute atomic E-state index is 0.334. The van der Waals surface area contributed by atoms with E-state index in [9.17, 15) is 14.4 Å². The number of hydrogen-bond acceptors (Lipinski definition) is 6. The lowest BCUT2D eigenvalue weighted by molar-refractivity contribution is -0.127. The van der Waals surface area contributed by atoms with Gasteiger partial charge in [0.2, 0.25) is 0 Å². The number of nitrogens with one attached hydrogen (secondary N) is 2. The SMILES string of the molecule is CCNC(=O)NC(=O)C(C)OC(=O)c1cc2c(C)nn(-c3ccc(Cl)cc3)c2s1. The summed E-state index contributed by atoms with van der Waals surface area (Å²) in [7, 11) is 0. The number of amides is 3. The van der Waals surface area contributed by atoms with Gasteiger partial charge in [-0.1, -0.05) is 11.6 Å². The zero-order valence-corrected chi connectivity index (χ0v) is 17.6. The van der Waals surface area contributed by atoms with Gasteiger partial charge < -0.3 is 10.1 Å². The molecule has 2 N–H and O–H groups in total. The van der Waals surface area contributed by atoms with E-state index in [1.807, 2.05) is 19.1 Å². The molecule has 0 saturated heterocycles. The number of fused-ring (bicyclic) bond motifs is 1. The number of thiophene rings is 1. The number of halogens is 1. The Labute approximate surface area is 175 Å². The number of urea groups is 1. The van der Waals surface area contributed by atoms with Crippen molar-refractivity contribution < 1.29 is 19.1 Å². The summed E-state index contributed by atoms with van der Waals surface area (Å²) in [4.78, 5) is 37.0. The van der Waals surface area contributed by atoms with Crippen LogP contribution in [0, 0.1) is 6.92 Å². The number of rotatable bonds is 5. The molecular weight excluding hydrogens is 416 g/mol. The average Bonchev–Trinajstić information content (AvgIpc) is 3.23. The van der Waals surface area contributed by atoms with Crippen LogP contribution in [0.15, 0.2) is 30.3 Å². The number of imide groups is 1. The fourth-order valence-corrected chi connectivity index (χ4v) is 3.79. The molecule has 1 atom stereocenters. The number of hydrogen-bond donors (Lipinski definition) is 2. The van der Waals surface area contributed by atoms with Crippen LogP contribution >= 0.6 is 22.9 Å². The maximum absolute atomic E-state index is 12.5. The second-order valence-corrected chi connectivity index (χ2v) is 7.67. The topological polar surface area (TPSA) is 102 Å². The van der Waals surface area contributed by atoms with Crippen molar-refractivity contribution in [3.05, 3.63) is 45.9 Å². The zero-order valence-electron chi connectivity index (χ0n) is 16.0. The third-order valence-corrected chi connectivity index (χ3v) is 5.39. The molecule has 3 rings (SSSR count). The fourth-order valence-electron chi connectivity index (χ4n) is 2.60. The van der Waals surface area contributed by atoms with Crippen molar-refractivity contribution in [1.82, 2.24) is 20.4 Å². The molecule has 0 aliphatic heterocycles. The number of ether oxygens (including phenoxy) is 1. The molecule has 152 valence electrons.